The standard InChI is InChI=1S/C58H102O6/c1-4-7-10-13-16-19-22-25-27-29-31-33-36-39-42-45-48-51-57(60)63-54-55(53-62-56(59)50-47-44-41-38-35-32-24-21-18-15-12-9-6-3)64-58(61)52-49-46-43-40-37-34-30-28-26-23-20-17-14-11-8-5-2/h8,11,16-17,19-20,25-28,55H,4-7,9-10,12-15,18,21-24,29-54H2,1-3H3/b11-8-,19-16-,20-17-,27-25-,28-26-. The first kappa shape index (κ1) is 61.1. The molecule has 0 aromatic rings. The Hall–Kier alpha value is -2.89. The highest BCUT2D eigenvalue weighted by molar-refractivity contribution is 5.71. The van der Waals surface area contributed by atoms with E-state index in [9.17, 15) is 14.4 Å². The van der Waals surface area contributed by atoms with Crippen LogP contribution in [0, 0.1) is 0 Å². The van der Waals surface area contributed by atoms with Gasteiger partial charge in [0.1, 0.15) is 13.2 Å². The third-order valence-electron chi connectivity index (χ3n) is 11.8. The number of hydrogen-bond acceptors (Lipinski definition) is 6. The molecule has 0 saturated carbocycles. The predicted octanol–water partition coefficient (Wildman–Crippen LogP) is 18.0. The fraction of sp³-hybridized carbons (Fsp3) is 0.776. The Morgan fingerprint density at radius 2 is 0.609 bits per heavy atom. The molecule has 0 bridgehead atoms. The minimum atomic E-state index is -0.782. The topological polar surface area (TPSA) is 78.9 Å². The smallest absolute Gasteiger partial charge is 0.306 e. The first-order chi connectivity index (χ1) is 31.5. The van der Waals surface area contributed by atoms with E-state index in [2.05, 4.69) is 81.5 Å². The van der Waals surface area contributed by atoms with Gasteiger partial charge in [-0.15, -0.1) is 0 Å². The fourth-order valence-electron chi connectivity index (χ4n) is 7.66. The van der Waals surface area contributed by atoms with Crippen molar-refractivity contribution in [2.45, 2.75) is 277 Å². The van der Waals surface area contributed by atoms with Crippen molar-refractivity contribution in [2.24, 2.45) is 0 Å². The summed E-state index contributed by atoms with van der Waals surface area (Å²) in [5, 5.41) is 0. The van der Waals surface area contributed by atoms with Crippen LogP contribution >= 0.6 is 0 Å². The lowest BCUT2D eigenvalue weighted by Gasteiger charge is -2.18. The van der Waals surface area contributed by atoms with Crippen LogP contribution in [0.3, 0.4) is 0 Å². The summed E-state index contributed by atoms with van der Waals surface area (Å²) in [6, 6.07) is 0. The predicted molar refractivity (Wildman–Crippen MR) is 275 cm³/mol. The number of esters is 3. The number of ether oxygens (including phenoxy) is 3. The van der Waals surface area contributed by atoms with Crippen LogP contribution in [-0.4, -0.2) is 37.2 Å². The maximum absolute atomic E-state index is 12.8. The quantitative estimate of drug-likeness (QED) is 0.0262. The number of carbonyl (C=O) groups excluding carboxylic acids is 3. The third-order valence-corrected chi connectivity index (χ3v) is 11.8. The molecule has 370 valence electrons. The Labute approximate surface area is 396 Å². The summed E-state index contributed by atoms with van der Waals surface area (Å²) >= 11 is 0. The van der Waals surface area contributed by atoms with Gasteiger partial charge < -0.3 is 14.2 Å². The van der Waals surface area contributed by atoms with Crippen LogP contribution in [-0.2, 0) is 28.6 Å². The highest BCUT2D eigenvalue weighted by Crippen LogP contribution is 2.15. The van der Waals surface area contributed by atoms with E-state index in [4.69, 9.17) is 14.2 Å². The second-order valence-corrected chi connectivity index (χ2v) is 18.1. The molecule has 0 amide bonds. The minimum absolute atomic E-state index is 0.0801. The molecule has 0 fully saturated rings. The van der Waals surface area contributed by atoms with Crippen LogP contribution in [0.5, 0.6) is 0 Å². The average molecular weight is 895 g/mol. The van der Waals surface area contributed by atoms with Gasteiger partial charge >= 0.3 is 17.9 Å². The van der Waals surface area contributed by atoms with Crippen molar-refractivity contribution >= 4 is 17.9 Å². The monoisotopic (exact) mass is 895 g/mol. The highest BCUT2D eigenvalue weighted by atomic mass is 16.6. The second-order valence-electron chi connectivity index (χ2n) is 18.1. The molecule has 0 heterocycles. The van der Waals surface area contributed by atoms with Crippen molar-refractivity contribution in [3.63, 3.8) is 0 Å². The lowest BCUT2D eigenvalue weighted by molar-refractivity contribution is -0.167. The van der Waals surface area contributed by atoms with E-state index in [1.165, 1.54) is 128 Å². The molecule has 6 heteroatoms. The molecule has 64 heavy (non-hydrogen) atoms. The molecule has 0 aliphatic heterocycles. The van der Waals surface area contributed by atoms with E-state index < -0.39 is 6.10 Å². The molecule has 0 spiro atoms. The van der Waals surface area contributed by atoms with Crippen LogP contribution in [0.15, 0.2) is 60.8 Å². The average Bonchev–Trinajstić information content (AvgIpc) is 3.29. The molecule has 1 unspecified atom stereocenters. The maximum atomic E-state index is 12.8. The van der Waals surface area contributed by atoms with Crippen molar-refractivity contribution in [3.8, 4) is 0 Å². The summed E-state index contributed by atoms with van der Waals surface area (Å²) in [4.78, 5) is 38.1. The summed E-state index contributed by atoms with van der Waals surface area (Å²) in [5.41, 5.74) is 0. The van der Waals surface area contributed by atoms with Crippen LogP contribution in [0.4, 0.5) is 0 Å². The number of unbranched alkanes of at least 4 members (excludes halogenated alkanes) is 28. The molecule has 0 N–H and O–H groups in total. The van der Waals surface area contributed by atoms with Crippen molar-refractivity contribution < 1.29 is 28.6 Å². The molecule has 0 saturated heterocycles. The summed E-state index contributed by atoms with van der Waals surface area (Å²) in [6.45, 7) is 6.50. The lowest BCUT2D eigenvalue weighted by Crippen LogP contribution is -2.30. The Balaban J connectivity index is 4.39. The zero-order valence-electron chi connectivity index (χ0n) is 42.3. The zero-order chi connectivity index (χ0) is 46.5. The van der Waals surface area contributed by atoms with Crippen LogP contribution in [0.2, 0.25) is 0 Å². The van der Waals surface area contributed by atoms with Gasteiger partial charge in [0.2, 0.25) is 0 Å². The molecule has 0 aliphatic carbocycles. The van der Waals surface area contributed by atoms with Gasteiger partial charge in [0.05, 0.1) is 0 Å². The molecule has 0 radical (unpaired) electrons. The summed E-state index contributed by atoms with van der Waals surface area (Å²) in [5.74, 6) is -0.893. The van der Waals surface area contributed by atoms with Gasteiger partial charge in [-0.25, -0.2) is 0 Å². The van der Waals surface area contributed by atoms with Gasteiger partial charge in [-0.2, -0.15) is 0 Å². The normalized spacial score (nSPS) is 12.5. The van der Waals surface area contributed by atoms with Gasteiger partial charge in [0.15, 0.2) is 6.10 Å². The van der Waals surface area contributed by atoms with E-state index in [-0.39, 0.29) is 31.1 Å². The fourth-order valence-corrected chi connectivity index (χ4v) is 7.66. The van der Waals surface area contributed by atoms with Crippen molar-refractivity contribution in [2.75, 3.05) is 13.2 Å². The van der Waals surface area contributed by atoms with Gasteiger partial charge in [-0.3, -0.25) is 14.4 Å². The maximum Gasteiger partial charge on any atom is 0.306 e. The first-order valence-corrected chi connectivity index (χ1v) is 27.3. The summed E-state index contributed by atoms with van der Waals surface area (Å²) in [7, 11) is 0. The van der Waals surface area contributed by atoms with Crippen molar-refractivity contribution in [3.05, 3.63) is 60.8 Å². The number of carbonyl (C=O) groups is 3. The van der Waals surface area contributed by atoms with Gasteiger partial charge in [-0.1, -0.05) is 229 Å². The molecule has 1 atom stereocenters. The molecule has 0 aliphatic rings. The van der Waals surface area contributed by atoms with E-state index >= 15 is 0 Å². The molecule has 0 aromatic carbocycles. The molecular formula is C58H102O6. The van der Waals surface area contributed by atoms with Crippen molar-refractivity contribution in [1.82, 2.24) is 0 Å². The number of hydrogen-bond donors (Lipinski definition) is 0. The van der Waals surface area contributed by atoms with Gasteiger partial charge in [-0.05, 0) is 83.5 Å². The lowest BCUT2D eigenvalue weighted by atomic mass is 10.0. The van der Waals surface area contributed by atoms with Crippen LogP contribution < -0.4 is 0 Å². The third kappa shape index (κ3) is 50.1. The Morgan fingerprint density at radius 1 is 0.328 bits per heavy atom. The van der Waals surface area contributed by atoms with Gasteiger partial charge in [0.25, 0.3) is 0 Å². The first-order valence-electron chi connectivity index (χ1n) is 27.3. The van der Waals surface area contributed by atoms with Crippen molar-refractivity contribution in [1.29, 1.82) is 0 Å². The molecule has 0 rings (SSSR count). The summed E-state index contributed by atoms with van der Waals surface area (Å²) in [6.07, 6.45) is 64.8. The van der Waals surface area contributed by atoms with Crippen LogP contribution in [0.25, 0.3) is 0 Å². The Morgan fingerprint density at radius 3 is 0.984 bits per heavy atom. The minimum Gasteiger partial charge on any atom is -0.462 e. The largest absolute Gasteiger partial charge is 0.462 e. The highest BCUT2D eigenvalue weighted by Gasteiger charge is 2.19. The van der Waals surface area contributed by atoms with E-state index in [0.29, 0.717) is 19.3 Å². The Kier molecular flexibility index (Phi) is 50.4. The number of rotatable bonds is 49. The van der Waals surface area contributed by atoms with Crippen LogP contribution in [0.1, 0.15) is 271 Å². The molecule has 0 aromatic heterocycles. The molecule has 6 nitrogen and oxygen atoms in total. The SMILES string of the molecule is CC/C=C\C/C=C\C/C=C\CCCCCCCCC(=O)OC(COC(=O)CCCCCCCCC/C=C\C/C=C\CCCCC)COC(=O)CCCCCCCCCCCCCCC. The van der Waals surface area contributed by atoms with E-state index in [0.717, 1.165) is 103 Å². The summed E-state index contributed by atoms with van der Waals surface area (Å²) < 4.78 is 16.8. The second kappa shape index (κ2) is 52.7. The van der Waals surface area contributed by atoms with Gasteiger partial charge in [0, 0.05) is 19.3 Å². The van der Waals surface area contributed by atoms with E-state index in [1.807, 2.05) is 0 Å². The van der Waals surface area contributed by atoms with E-state index in [1.54, 1.807) is 0 Å². The Bertz CT molecular complexity index is 1170. The number of allylic oxidation sites excluding steroid dienone is 10. The zero-order valence-corrected chi connectivity index (χ0v) is 42.3. The molecular weight excluding hydrogens is 793 g/mol.